The molecule has 0 spiro atoms. The highest BCUT2D eigenvalue weighted by atomic mass is 31.2. The van der Waals surface area contributed by atoms with Gasteiger partial charge in [0.15, 0.2) is 11.6 Å². The van der Waals surface area contributed by atoms with Gasteiger partial charge in [-0.2, -0.15) is 0 Å². The van der Waals surface area contributed by atoms with E-state index in [1.807, 2.05) is 21.1 Å². The molecule has 8 nitrogen and oxygen atoms in total. The molecule has 1 aromatic rings. The van der Waals surface area contributed by atoms with Crippen LogP contribution in [0.1, 0.15) is 0 Å². The van der Waals surface area contributed by atoms with Crippen molar-refractivity contribution >= 4 is 13.5 Å². The van der Waals surface area contributed by atoms with E-state index in [1.165, 1.54) is 0 Å². The van der Waals surface area contributed by atoms with Crippen LogP contribution in [-0.2, 0) is 9.09 Å². The topological polar surface area (TPSA) is 102 Å². The zero-order valence-corrected chi connectivity index (χ0v) is 12.7. The first-order chi connectivity index (χ1) is 9.50. The first-order valence-corrected chi connectivity index (χ1v) is 7.36. The maximum Gasteiger partial charge on any atom is 0.320 e. The molecular weight excluding hydrogens is 306 g/mol. The van der Waals surface area contributed by atoms with Crippen molar-refractivity contribution in [2.75, 3.05) is 34.3 Å². The fraction of sp³-hybridized carbons (Fsp3) is 0.455. The Morgan fingerprint density at radius 2 is 2.00 bits per heavy atom. The molecule has 0 aromatic heterocycles. The maximum atomic E-state index is 13.5. The molecule has 1 unspecified atom stereocenters. The number of rotatable bonds is 7. The molecule has 21 heavy (non-hydrogen) atoms. The molecule has 1 atom stereocenters. The molecule has 1 aromatic carbocycles. The number of quaternary nitrogens is 1. The molecule has 0 aliphatic rings. The van der Waals surface area contributed by atoms with Crippen molar-refractivity contribution in [2.45, 2.75) is 0 Å². The van der Waals surface area contributed by atoms with Crippen molar-refractivity contribution in [2.24, 2.45) is 0 Å². The second kappa shape index (κ2) is 6.48. The quantitative estimate of drug-likeness (QED) is 0.324. The van der Waals surface area contributed by atoms with Crippen LogP contribution in [0.25, 0.3) is 0 Å². The molecule has 1 rings (SSSR count). The third-order valence-electron chi connectivity index (χ3n) is 2.35. The molecule has 0 N–H and O–H groups in total. The fourth-order valence-corrected chi connectivity index (χ4v) is 2.00. The van der Waals surface area contributed by atoms with Crippen molar-refractivity contribution < 1.29 is 32.3 Å². The van der Waals surface area contributed by atoms with E-state index in [0.29, 0.717) is 17.1 Å². The van der Waals surface area contributed by atoms with Gasteiger partial charge in [0.05, 0.1) is 32.1 Å². The van der Waals surface area contributed by atoms with E-state index in [0.717, 1.165) is 12.1 Å². The van der Waals surface area contributed by atoms with Gasteiger partial charge >= 0.3 is 7.82 Å². The highest BCUT2D eigenvalue weighted by Gasteiger charge is 2.18. The van der Waals surface area contributed by atoms with E-state index in [1.54, 1.807) is 0 Å². The number of nitro benzene ring substituents is 1. The molecule has 10 heteroatoms. The number of non-ortho nitro benzene ring substituents is 1. The molecule has 0 heterocycles. The number of nitro groups is 1. The Kier molecular flexibility index (Phi) is 5.41. The summed E-state index contributed by atoms with van der Waals surface area (Å²) in [5.41, 5.74) is -0.508. The zero-order chi connectivity index (χ0) is 16.3. The van der Waals surface area contributed by atoms with E-state index in [9.17, 15) is 24.0 Å². The van der Waals surface area contributed by atoms with Gasteiger partial charge in [-0.15, -0.1) is 0 Å². The number of hydrogen-bond acceptors (Lipinski definition) is 6. The molecule has 118 valence electrons. The molecule has 0 amide bonds. The zero-order valence-electron chi connectivity index (χ0n) is 11.8. The summed E-state index contributed by atoms with van der Waals surface area (Å²) in [5, 5.41) is 10.4. The minimum Gasteiger partial charge on any atom is -0.746 e. The van der Waals surface area contributed by atoms with Crippen LogP contribution in [0.15, 0.2) is 18.2 Å². The van der Waals surface area contributed by atoms with Crippen LogP contribution in [0.3, 0.4) is 0 Å². The Bertz CT molecular complexity index is 574. The van der Waals surface area contributed by atoms with E-state index < -0.39 is 30.0 Å². The van der Waals surface area contributed by atoms with E-state index >= 15 is 0 Å². The van der Waals surface area contributed by atoms with Crippen molar-refractivity contribution in [3.05, 3.63) is 34.1 Å². The lowest BCUT2D eigenvalue weighted by atomic mass is 10.3. The monoisotopic (exact) mass is 322 g/mol. The fourth-order valence-electron chi connectivity index (χ4n) is 1.25. The average molecular weight is 322 g/mol. The third kappa shape index (κ3) is 6.17. The molecular formula is C11H16FN2O6P. The van der Waals surface area contributed by atoms with Crippen molar-refractivity contribution in [1.29, 1.82) is 0 Å². The summed E-state index contributed by atoms with van der Waals surface area (Å²) in [5.74, 6) is -1.81. The summed E-state index contributed by atoms with van der Waals surface area (Å²) in [6.45, 7) is 0.275. The molecule has 0 aliphatic carbocycles. The average Bonchev–Trinajstić information content (AvgIpc) is 2.29. The normalized spacial score (nSPS) is 14.5. The standard InChI is InChI=1S/C11H16FN2O6P/c1-14(2,3)6-7-19-21(17,18)20-11-5-4-9(13(15)16)8-10(11)12/h4-5,8H,6-7H2,1-3H3. The maximum absolute atomic E-state index is 13.5. The van der Waals surface area contributed by atoms with Gasteiger partial charge in [-0.05, 0) is 6.07 Å². The van der Waals surface area contributed by atoms with Crippen molar-refractivity contribution in [3.8, 4) is 5.75 Å². The number of nitrogens with zero attached hydrogens (tertiary/aromatic N) is 2. The van der Waals surface area contributed by atoms with Crippen molar-refractivity contribution in [3.63, 3.8) is 0 Å². The highest BCUT2D eigenvalue weighted by molar-refractivity contribution is 7.46. The Morgan fingerprint density at radius 1 is 1.38 bits per heavy atom. The summed E-state index contributed by atoms with van der Waals surface area (Å²) >= 11 is 0. The Labute approximate surface area is 121 Å². The minimum absolute atomic E-state index is 0.126. The van der Waals surface area contributed by atoms with Crippen LogP contribution in [-0.4, -0.2) is 43.7 Å². The smallest absolute Gasteiger partial charge is 0.320 e. The van der Waals surface area contributed by atoms with Crippen LogP contribution in [0.4, 0.5) is 10.1 Å². The lowest BCUT2D eigenvalue weighted by molar-refractivity contribution is -0.870. The first kappa shape index (κ1) is 17.5. The van der Waals surface area contributed by atoms with E-state index in [2.05, 4.69) is 9.05 Å². The molecule has 0 saturated heterocycles. The summed E-state index contributed by atoms with van der Waals surface area (Å²) in [6.07, 6.45) is 0. The molecule has 0 fully saturated rings. The summed E-state index contributed by atoms with van der Waals surface area (Å²) in [4.78, 5) is 21.2. The number of phosphoric ester groups is 1. The van der Waals surface area contributed by atoms with Gasteiger partial charge in [0.25, 0.3) is 5.69 Å². The lowest BCUT2D eigenvalue weighted by Gasteiger charge is -2.27. The first-order valence-electron chi connectivity index (χ1n) is 5.90. The third-order valence-corrected chi connectivity index (χ3v) is 3.27. The summed E-state index contributed by atoms with van der Waals surface area (Å²) in [6, 6.07) is 2.37. The van der Waals surface area contributed by atoms with Crippen LogP contribution < -0.4 is 9.42 Å². The van der Waals surface area contributed by atoms with Gasteiger partial charge in [0, 0.05) is 6.07 Å². The second-order valence-electron chi connectivity index (χ2n) is 5.26. The number of likely N-dealkylation sites (N-methyl/N-ethyl adjacent to an activating group) is 1. The predicted molar refractivity (Wildman–Crippen MR) is 70.1 cm³/mol. The number of benzene rings is 1. The summed E-state index contributed by atoms with van der Waals surface area (Å²) in [7, 11) is 0.793. The predicted octanol–water partition coefficient (Wildman–Crippen LogP) is 1.30. The Hall–Kier alpha value is -1.54. The summed E-state index contributed by atoms with van der Waals surface area (Å²) < 4.78 is 34.6. The van der Waals surface area contributed by atoms with Crippen LogP contribution in [0, 0.1) is 15.9 Å². The largest absolute Gasteiger partial charge is 0.746 e. The van der Waals surface area contributed by atoms with Gasteiger partial charge in [-0.3, -0.25) is 14.7 Å². The Morgan fingerprint density at radius 3 is 2.48 bits per heavy atom. The Balaban J connectivity index is 2.71. The molecule has 0 aliphatic heterocycles. The number of phosphoric acid groups is 1. The van der Waals surface area contributed by atoms with Crippen molar-refractivity contribution in [1.82, 2.24) is 0 Å². The van der Waals surface area contributed by atoms with Crippen LogP contribution in [0.5, 0.6) is 5.75 Å². The molecule has 0 bridgehead atoms. The molecule has 0 saturated carbocycles. The van der Waals surface area contributed by atoms with Gasteiger partial charge in [0.1, 0.15) is 13.2 Å². The van der Waals surface area contributed by atoms with Gasteiger partial charge in [-0.25, -0.2) is 4.39 Å². The number of halogens is 1. The van der Waals surface area contributed by atoms with Crippen LogP contribution >= 0.6 is 7.82 Å². The van der Waals surface area contributed by atoms with Gasteiger partial charge in [0.2, 0.25) is 0 Å². The van der Waals surface area contributed by atoms with Crippen LogP contribution in [0.2, 0.25) is 0 Å². The second-order valence-corrected chi connectivity index (χ2v) is 6.59. The lowest BCUT2D eigenvalue weighted by Crippen LogP contribution is -2.37. The number of hydrogen-bond donors (Lipinski definition) is 0. The van der Waals surface area contributed by atoms with Gasteiger partial charge in [-0.1, -0.05) is 0 Å². The highest BCUT2D eigenvalue weighted by Crippen LogP contribution is 2.40. The minimum atomic E-state index is -4.74. The SMILES string of the molecule is C[N+](C)(C)CCOP(=O)([O-])Oc1ccc([N+](=O)[O-])cc1F. The molecule has 0 radical (unpaired) electrons. The van der Waals surface area contributed by atoms with E-state index in [-0.39, 0.29) is 6.61 Å². The van der Waals surface area contributed by atoms with Gasteiger partial charge < -0.3 is 18.4 Å². The van der Waals surface area contributed by atoms with E-state index in [4.69, 9.17) is 0 Å².